The zero-order chi connectivity index (χ0) is 12.4. The number of aromatic nitrogens is 1. The Hall–Kier alpha value is -0.810. The molecular formula is C12H17BrN2O2. The fourth-order valence-corrected chi connectivity index (χ4v) is 2.75. The minimum Gasteiger partial charge on any atom is -0.393 e. The first kappa shape index (κ1) is 12.6. The molecule has 0 bridgehead atoms. The topological polar surface area (TPSA) is 54.3 Å². The van der Waals surface area contributed by atoms with E-state index >= 15 is 0 Å². The number of carbonyl (C=O) groups excluding carboxylic acids is 1. The largest absolute Gasteiger partial charge is 0.393 e. The minimum atomic E-state index is -0.188. The molecule has 1 aliphatic rings. The summed E-state index contributed by atoms with van der Waals surface area (Å²) in [5.41, 5.74) is 0.656. The summed E-state index contributed by atoms with van der Waals surface area (Å²) in [5, 5.41) is 12.4. The molecule has 17 heavy (non-hydrogen) atoms. The van der Waals surface area contributed by atoms with E-state index in [1.165, 1.54) is 0 Å². The number of rotatable bonds is 2. The van der Waals surface area contributed by atoms with E-state index in [0.29, 0.717) is 5.69 Å². The molecule has 0 aromatic carbocycles. The van der Waals surface area contributed by atoms with Crippen molar-refractivity contribution in [1.82, 2.24) is 9.88 Å². The molecular weight excluding hydrogens is 284 g/mol. The van der Waals surface area contributed by atoms with Gasteiger partial charge in [-0.25, -0.2) is 0 Å². The van der Waals surface area contributed by atoms with Gasteiger partial charge in [-0.15, -0.1) is 0 Å². The number of nitrogens with zero attached hydrogens (tertiary/aromatic N) is 1. The zero-order valence-corrected chi connectivity index (χ0v) is 11.4. The first-order valence-electron chi connectivity index (χ1n) is 5.87. The van der Waals surface area contributed by atoms with Crippen LogP contribution in [0, 0.1) is 0 Å². The van der Waals surface area contributed by atoms with Gasteiger partial charge in [0.25, 0.3) is 5.91 Å². The molecule has 1 amide bonds. The van der Waals surface area contributed by atoms with Crippen LogP contribution in [0.15, 0.2) is 16.7 Å². The Morgan fingerprint density at radius 2 is 2.12 bits per heavy atom. The fourth-order valence-electron chi connectivity index (χ4n) is 2.23. The third-order valence-corrected chi connectivity index (χ3v) is 3.67. The maximum Gasteiger partial charge on any atom is 0.268 e. The van der Waals surface area contributed by atoms with Crippen LogP contribution in [0.4, 0.5) is 0 Å². The molecule has 0 atom stereocenters. The quantitative estimate of drug-likeness (QED) is 0.875. The Balaban J connectivity index is 1.95. The lowest BCUT2D eigenvalue weighted by Gasteiger charge is -2.26. The number of hydrogen-bond acceptors (Lipinski definition) is 2. The van der Waals surface area contributed by atoms with Crippen LogP contribution < -0.4 is 5.32 Å². The average Bonchev–Trinajstić information content (AvgIpc) is 2.61. The van der Waals surface area contributed by atoms with Crippen LogP contribution in [-0.2, 0) is 7.05 Å². The Morgan fingerprint density at radius 1 is 1.47 bits per heavy atom. The van der Waals surface area contributed by atoms with E-state index in [1.54, 1.807) is 4.57 Å². The molecule has 1 aromatic heterocycles. The standard InChI is InChI=1S/C12H17BrN2O2/c1-15-7-8(13)6-11(15)12(17)14-9-2-4-10(16)5-3-9/h6-7,9-10,16H,2-5H2,1H3,(H,14,17). The number of aryl methyl sites for hydroxylation is 1. The predicted octanol–water partition coefficient (Wildman–Crippen LogP) is 1.82. The van der Waals surface area contributed by atoms with E-state index in [-0.39, 0.29) is 18.1 Å². The van der Waals surface area contributed by atoms with E-state index in [1.807, 2.05) is 19.3 Å². The summed E-state index contributed by atoms with van der Waals surface area (Å²) in [6.45, 7) is 0. The second kappa shape index (κ2) is 5.23. The monoisotopic (exact) mass is 300 g/mol. The Morgan fingerprint density at radius 3 is 2.65 bits per heavy atom. The number of amides is 1. The predicted molar refractivity (Wildman–Crippen MR) is 68.8 cm³/mol. The van der Waals surface area contributed by atoms with E-state index in [4.69, 9.17) is 0 Å². The van der Waals surface area contributed by atoms with E-state index in [2.05, 4.69) is 21.2 Å². The van der Waals surface area contributed by atoms with Crippen LogP contribution in [0.1, 0.15) is 36.2 Å². The van der Waals surface area contributed by atoms with Crippen LogP contribution in [0.3, 0.4) is 0 Å². The summed E-state index contributed by atoms with van der Waals surface area (Å²) >= 11 is 3.35. The maximum atomic E-state index is 12.0. The normalized spacial score (nSPS) is 24.6. The number of nitrogens with one attached hydrogen (secondary N) is 1. The van der Waals surface area contributed by atoms with Gasteiger partial charge >= 0.3 is 0 Å². The van der Waals surface area contributed by atoms with Crippen molar-refractivity contribution in [2.45, 2.75) is 37.8 Å². The number of carbonyl (C=O) groups is 1. The summed E-state index contributed by atoms with van der Waals surface area (Å²) < 4.78 is 2.71. The smallest absolute Gasteiger partial charge is 0.268 e. The summed E-state index contributed by atoms with van der Waals surface area (Å²) in [6.07, 6.45) is 4.95. The number of aliphatic hydroxyl groups is 1. The summed E-state index contributed by atoms with van der Waals surface area (Å²) in [5.74, 6) is -0.0420. The second-order valence-corrected chi connectivity index (χ2v) is 5.55. The Labute approximate surface area is 109 Å². The Bertz CT molecular complexity index is 409. The van der Waals surface area contributed by atoms with Gasteiger partial charge in [0.2, 0.25) is 0 Å². The van der Waals surface area contributed by atoms with Gasteiger partial charge in [0, 0.05) is 23.8 Å². The van der Waals surface area contributed by atoms with E-state index < -0.39 is 0 Å². The molecule has 94 valence electrons. The molecule has 1 saturated carbocycles. The van der Waals surface area contributed by atoms with Gasteiger partial charge in [0.15, 0.2) is 0 Å². The molecule has 5 heteroatoms. The molecule has 0 saturated heterocycles. The molecule has 2 rings (SSSR count). The van der Waals surface area contributed by atoms with Crippen LogP contribution in [-0.4, -0.2) is 27.7 Å². The van der Waals surface area contributed by atoms with Crippen molar-refractivity contribution >= 4 is 21.8 Å². The molecule has 1 aliphatic carbocycles. The fraction of sp³-hybridized carbons (Fsp3) is 0.583. The van der Waals surface area contributed by atoms with Gasteiger partial charge in [-0.3, -0.25) is 4.79 Å². The van der Waals surface area contributed by atoms with Crippen LogP contribution in [0.25, 0.3) is 0 Å². The van der Waals surface area contributed by atoms with Crippen molar-refractivity contribution in [3.05, 3.63) is 22.4 Å². The van der Waals surface area contributed by atoms with Crippen LogP contribution in [0.2, 0.25) is 0 Å². The van der Waals surface area contributed by atoms with Crippen molar-refractivity contribution in [3.8, 4) is 0 Å². The van der Waals surface area contributed by atoms with Gasteiger partial charge in [0.1, 0.15) is 5.69 Å². The van der Waals surface area contributed by atoms with Crippen molar-refractivity contribution in [2.24, 2.45) is 7.05 Å². The SMILES string of the molecule is Cn1cc(Br)cc1C(=O)NC1CCC(O)CC1. The van der Waals surface area contributed by atoms with Gasteiger partial charge in [0.05, 0.1) is 6.10 Å². The summed E-state index contributed by atoms with van der Waals surface area (Å²) in [7, 11) is 1.85. The molecule has 0 unspecified atom stereocenters. The van der Waals surface area contributed by atoms with Gasteiger partial charge in [-0.2, -0.15) is 0 Å². The Kier molecular flexibility index (Phi) is 3.89. The molecule has 1 fully saturated rings. The first-order chi connectivity index (χ1) is 8.06. The minimum absolute atomic E-state index is 0.0420. The average molecular weight is 301 g/mol. The lowest BCUT2D eigenvalue weighted by molar-refractivity contribution is 0.0860. The maximum absolute atomic E-state index is 12.0. The van der Waals surface area contributed by atoms with Gasteiger partial charge in [-0.1, -0.05) is 0 Å². The number of halogens is 1. The number of aliphatic hydroxyl groups excluding tert-OH is 1. The van der Waals surface area contributed by atoms with Crippen LogP contribution >= 0.6 is 15.9 Å². The zero-order valence-electron chi connectivity index (χ0n) is 9.82. The number of hydrogen-bond donors (Lipinski definition) is 2. The van der Waals surface area contributed by atoms with Crippen molar-refractivity contribution in [1.29, 1.82) is 0 Å². The van der Waals surface area contributed by atoms with Crippen molar-refractivity contribution in [3.63, 3.8) is 0 Å². The molecule has 1 heterocycles. The molecule has 2 N–H and O–H groups in total. The third-order valence-electron chi connectivity index (χ3n) is 3.24. The highest BCUT2D eigenvalue weighted by molar-refractivity contribution is 9.10. The summed E-state index contributed by atoms with van der Waals surface area (Å²) in [4.78, 5) is 12.0. The first-order valence-corrected chi connectivity index (χ1v) is 6.66. The lowest BCUT2D eigenvalue weighted by atomic mass is 9.93. The van der Waals surface area contributed by atoms with Gasteiger partial charge < -0.3 is 15.0 Å². The lowest BCUT2D eigenvalue weighted by Crippen LogP contribution is -2.39. The van der Waals surface area contributed by atoms with Crippen LogP contribution in [0.5, 0.6) is 0 Å². The van der Waals surface area contributed by atoms with Gasteiger partial charge in [-0.05, 0) is 47.7 Å². The highest BCUT2D eigenvalue weighted by atomic mass is 79.9. The van der Waals surface area contributed by atoms with E-state index in [9.17, 15) is 9.90 Å². The molecule has 4 nitrogen and oxygen atoms in total. The third kappa shape index (κ3) is 3.10. The van der Waals surface area contributed by atoms with Crippen molar-refractivity contribution in [2.75, 3.05) is 0 Å². The van der Waals surface area contributed by atoms with E-state index in [0.717, 1.165) is 30.2 Å². The summed E-state index contributed by atoms with van der Waals surface area (Å²) in [6, 6.07) is 2.01. The van der Waals surface area contributed by atoms with Crippen molar-refractivity contribution < 1.29 is 9.90 Å². The molecule has 1 aromatic rings. The molecule has 0 radical (unpaired) electrons. The molecule has 0 aliphatic heterocycles. The second-order valence-electron chi connectivity index (χ2n) is 4.63. The highest BCUT2D eigenvalue weighted by Gasteiger charge is 2.22. The highest BCUT2D eigenvalue weighted by Crippen LogP contribution is 2.19. The molecule has 0 spiro atoms.